The zero-order valence-corrected chi connectivity index (χ0v) is 19.7. The topological polar surface area (TPSA) is 84.9 Å². The van der Waals surface area contributed by atoms with Crippen molar-refractivity contribution in [2.24, 2.45) is 0 Å². The van der Waals surface area contributed by atoms with Crippen LogP contribution in [-0.4, -0.2) is 42.2 Å². The number of anilines is 1. The van der Waals surface area contributed by atoms with E-state index in [2.05, 4.69) is 11.9 Å². The van der Waals surface area contributed by atoms with Gasteiger partial charge < -0.3 is 14.8 Å². The van der Waals surface area contributed by atoms with Crippen molar-refractivity contribution in [3.8, 4) is 11.5 Å². The number of hydrogen-bond acceptors (Lipinski definition) is 6. The molecule has 1 fully saturated rings. The van der Waals surface area contributed by atoms with Gasteiger partial charge in [-0.2, -0.15) is 13.2 Å². The van der Waals surface area contributed by atoms with E-state index in [0.29, 0.717) is 28.0 Å². The summed E-state index contributed by atoms with van der Waals surface area (Å²) < 4.78 is 49.3. The SMILES string of the molecule is C=CCOc1c(Cl)cc(/C=C2\SC(=O)N(CC(=O)Nc3cccc(C(F)(F)F)c3)C2=O)cc1OC. The second-order valence-corrected chi connectivity index (χ2v) is 8.43. The Morgan fingerprint density at radius 2 is 2.00 bits per heavy atom. The van der Waals surface area contributed by atoms with E-state index in [9.17, 15) is 27.6 Å². The van der Waals surface area contributed by atoms with Gasteiger partial charge in [-0.15, -0.1) is 0 Å². The summed E-state index contributed by atoms with van der Waals surface area (Å²) in [4.78, 5) is 38.1. The molecular weight excluding hydrogens is 509 g/mol. The number of carbonyl (C=O) groups is 3. The number of nitrogens with zero attached hydrogens (tertiary/aromatic N) is 1. The minimum atomic E-state index is -4.58. The fraction of sp³-hybridized carbons (Fsp3) is 0.174. The molecule has 0 saturated carbocycles. The largest absolute Gasteiger partial charge is 0.493 e. The monoisotopic (exact) mass is 526 g/mol. The highest BCUT2D eigenvalue weighted by molar-refractivity contribution is 8.18. The van der Waals surface area contributed by atoms with Crippen molar-refractivity contribution in [3.05, 3.63) is 70.1 Å². The van der Waals surface area contributed by atoms with Crippen LogP contribution in [0.25, 0.3) is 6.08 Å². The molecule has 0 atom stereocenters. The number of ether oxygens (including phenoxy) is 2. The fourth-order valence-electron chi connectivity index (χ4n) is 3.01. The molecule has 184 valence electrons. The van der Waals surface area contributed by atoms with E-state index >= 15 is 0 Å². The molecule has 0 aromatic heterocycles. The Bertz CT molecular complexity index is 1220. The summed E-state index contributed by atoms with van der Waals surface area (Å²) in [6.45, 7) is 3.08. The van der Waals surface area contributed by atoms with Crippen LogP contribution < -0.4 is 14.8 Å². The second-order valence-electron chi connectivity index (χ2n) is 7.03. The number of amides is 3. The zero-order chi connectivity index (χ0) is 25.8. The lowest BCUT2D eigenvalue weighted by Crippen LogP contribution is -2.36. The number of methoxy groups -OCH3 is 1. The smallest absolute Gasteiger partial charge is 0.416 e. The van der Waals surface area contributed by atoms with Crippen LogP contribution in [0.1, 0.15) is 11.1 Å². The summed E-state index contributed by atoms with van der Waals surface area (Å²) in [5.74, 6) is -0.988. The number of halogens is 4. The van der Waals surface area contributed by atoms with Crippen LogP contribution in [0, 0.1) is 0 Å². The number of carbonyl (C=O) groups excluding carboxylic acids is 3. The molecule has 0 unspecified atom stereocenters. The summed E-state index contributed by atoms with van der Waals surface area (Å²) in [5, 5.41) is 1.77. The predicted molar refractivity (Wildman–Crippen MR) is 126 cm³/mol. The van der Waals surface area contributed by atoms with Gasteiger partial charge >= 0.3 is 6.18 Å². The average molecular weight is 527 g/mol. The maximum absolute atomic E-state index is 12.9. The lowest BCUT2D eigenvalue weighted by molar-refractivity contribution is -0.137. The van der Waals surface area contributed by atoms with Crippen molar-refractivity contribution in [2.75, 3.05) is 25.6 Å². The average Bonchev–Trinajstić information content (AvgIpc) is 3.04. The standard InChI is InChI=1S/C23H18ClF3N2O5S/c1-3-7-34-20-16(24)8-13(9-17(20)33-2)10-18-21(31)29(22(32)35-18)12-19(30)28-15-6-4-5-14(11-15)23(25,26)27/h3-6,8-11H,1,7,12H2,2H3,(H,28,30)/b18-10-. The molecule has 1 aliphatic heterocycles. The van der Waals surface area contributed by atoms with Crippen molar-refractivity contribution in [1.29, 1.82) is 0 Å². The summed E-state index contributed by atoms with van der Waals surface area (Å²) in [6, 6.07) is 7.08. The molecule has 0 radical (unpaired) electrons. The lowest BCUT2D eigenvalue weighted by atomic mass is 10.1. The molecule has 7 nitrogen and oxygen atoms in total. The normalized spacial score (nSPS) is 14.9. The second kappa shape index (κ2) is 10.9. The Morgan fingerprint density at radius 1 is 1.26 bits per heavy atom. The third-order valence-corrected chi connectivity index (χ3v) is 5.73. The highest BCUT2D eigenvalue weighted by Gasteiger charge is 2.36. The Kier molecular flexibility index (Phi) is 8.13. The summed E-state index contributed by atoms with van der Waals surface area (Å²) in [7, 11) is 1.41. The summed E-state index contributed by atoms with van der Waals surface area (Å²) in [5.41, 5.74) is -0.621. The third kappa shape index (κ3) is 6.37. The molecule has 3 rings (SSSR count). The molecule has 12 heteroatoms. The molecule has 1 saturated heterocycles. The van der Waals surface area contributed by atoms with E-state index in [1.54, 1.807) is 6.07 Å². The molecular formula is C23H18ClF3N2O5S. The van der Waals surface area contributed by atoms with Crippen LogP contribution in [0.4, 0.5) is 23.7 Å². The van der Waals surface area contributed by atoms with Gasteiger partial charge in [0.2, 0.25) is 5.91 Å². The van der Waals surface area contributed by atoms with E-state index in [1.807, 2.05) is 0 Å². The summed E-state index contributed by atoms with van der Waals surface area (Å²) in [6.07, 6.45) is -1.65. The van der Waals surface area contributed by atoms with Gasteiger partial charge in [0.05, 0.1) is 22.6 Å². The van der Waals surface area contributed by atoms with E-state index in [0.717, 1.165) is 18.2 Å². The van der Waals surface area contributed by atoms with E-state index in [-0.39, 0.29) is 28.0 Å². The van der Waals surface area contributed by atoms with Gasteiger partial charge in [0.15, 0.2) is 11.5 Å². The van der Waals surface area contributed by atoms with Crippen molar-refractivity contribution < 1.29 is 37.0 Å². The molecule has 1 heterocycles. The highest BCUT2D eigenvalue weighted by atomic mass is 35.5. The van der Waals surface area contributed by atoms with Crippen molar-refractivity contribution in [1.82, 2.24) is 4.90 Å². The van der Waals surface area contributed by atoms with Gasteiger partial charge in [-0.3, -0.25) is 19.3 Å². The molecule has 1 N–H and O–H groups in total. The molecule has 2 aromatic carbocycles. The highest BCUT2D eigenvalue weighted by Crippen LogP contribution is 2.39. The first-order chi connectivity index (χ1) is 16.5. The van der Waals surface area contributed by atoms with Crippen LogP contribution >= 0.6 is 23.4 Å². The Labute approximate surface area is 207 Å². The van der Waals surface area contributed by atoms with E-state index < -0.39 is 35.3 Å². The molecule has 0 aliphatic carbocycles. The first-order valence-electron chi connectivity index (χ1n) is 9.87. The molecule has 1 aliphatic rings. The van der Waals surface area contributed by atoms with Crippen LogP contribution in [0.15, 0.2) is 54.0 Å². The first kappa shape index (κ1) is 26.2. The van der Waals surface area contributed by atoms with E-state index in [1.165, 1.54) is 31.4 Å². The lowest BCUT2D eigenvalue weighted by Gasteiger charge is -2.14. The van der Waals surface area contributed by atoms with Crippen LogP contribution in [-0.2, 0) is 15.8 Å². The maximum Gasteiger partial charge on any atom is 0.416 e. The fourth-order valence-corrected chi connectivity index (χ4v) is 4.12. The third-order valence-electron chi connectivity index (χ3n) is 4.54. The van der Waals surface area contributed by atoms with Gasteiger partial charge in [0.1, 0.15) is 13.2 Å². The number of imide groups is 1. The predicted octanol–water partition coefficient (Wildman–Crippen LogP) is 5.61. The van der Waals surface area contributed by atoms with Gasteiger partial charge in [-0.25, -0.2) is 0 Å². The van der Waals surface area contributed by atoms with Crippen LogP contribution in [0.2, 0.25) is 5.02 Å². The summed E-state index contributed by atoms with van der Waals surface area (Å²) >= 11 is 6.86. The Balaban J connectivity index is 1.74. The quantitative estimate of drug-likeness (QED) is 0.356. The maximum atomic E-state index is 12.9. The first-order valence-corrected chi connectivity index (χ1v) is 11.1. The molecule has 2 aromatic rings. The number of rotatable bonds is 8. The molecule has 0 bridgehead atoms. The number of benzene rings is 2. The Morgan fingerprint density at radius 3 is 2.66 bits per heavy atom. The van der Waals surface area contributed by atoms with Gasteiger partial charge in [-0.05, 0) is 53.7 Å². The number of hydrogen-bond donors (Lipinski definition) is 1. The number of alkyl halides is 3. The van der Waals surface area contributed by atoms with E-state index in [4.69, 9.17) is 21.1 Å². The minimum absolute atomic E-state index is 0.0275. The molecule has 35 heavy (non-hydrogen) atoms. The number of thioether (sulfide) groups is 1. The molecule has 3 amide bonds. The Hall–Kier alpha value is -3.44. The van der Waals surface area contributed by atoms with Gasteiger partial charge in [0, 0.05) is 5.69 Å². The molecule has 0 spiro atoms. The van der Waals surface area contributed by atoms with Crippen LogP contribution in [0.3, 0.4) is 0 Å². The van der Waals surface area contributed by atoms with Crippen molar-refractivity contribution >= 4 is 52.2 Å². The van der Waals surface area contributed by atoms with Gasteiger partial charge in [0.25, 0.3) is 11.1 Å². The van der Waals surface area contributed by atoms with Crippen molar-refractivity contribution in [2.45, 2.75) is 6.18 Å². The number of nitrogens with one attached hydrogen (secondary N) is 1. The van der Waals surface area contributed by atoms with Crippen molar-refractivity contribution in [3.63, 3.8) is 0 Å². The zero-order valence-electron chi connectivity index (χ0n) is 18.1. The minimum Gasteiger partial charge on any atom is -0.493 e. The van der Waals surface area contributed by atoms with Crippen LogP contribution in [0.5, 0.6) is 11.5 Å². The van der Waals surface area contributed by atoms with Gasteiger partial charge in [-0.1, -0.05) is 30.3 Å².